The van der Waals surface area contributed by atoms with Crippen molar-refractivity contribution < 1.29 is 4.43 Å². The topological polar surface area (TPSA) is 9.23 Å². The molecule has 2 heteroatoms. The molecule has 20 heavy (non-hydrogen) atoms. The molecule has 0 aliphatic carbocycles. The quantitative estimate of drug-likeness (QED) is 0.764. The highest BCUT2D eigenvalue weighted by Crippen LogP contribution is 2.36. The van der Waals surface area contributed by atoms with Gasteiger partial charge in [0.05, 0.1) is 6.10 Å². The van der Waals surface area contributed by atoms with Gasteiger partial charge in [0.1, 0.15) is 0 Å². The monoisotopic (exact) mass is 282 g/mol. The van der Waals surface area contributed by atoms with Gasteiger partial charge in [-0.15, -0.1) is 0 Å². The maximum Gasteiger partial charge on any atom is 0.224 e. The molecule has 0 bridgehead atoms. The van der Waals surface area contributed by atoms with E-state index in [-0.39, 0.29) is 6.10 Å². The fourth-order valence-electron chi connectivity index (χ4n) is 3.37. The summed E-state index contributed by atoms with van der Waals surface area (Å²) in [5.41, 5.74) is 2.80. The molecular weight excluding hydrogens is 260 g/mol. The minimum Gasteiger partial charge on any atom is -0.405 e. The summed E-state index contributed by atoms with van der Waals surface area (Å²) in [7, 11) is -1.72. The molecule has 1 aliphatic rings. The third-order valence-electron chi connectivity index (χ3n) is 4.57. The third kappa shape index (κ3) is 2.23. The van der Waals surface area contributed by atoms with Crippen molar-refractivity contribution in [1.29, 1.82) is 0 Å². The van der Waals surface area contributed by atoms with Gasteiger partial charge in [0.15, 0.2) is 0 Å². The Morgan fingerprint density at radius 1 is 0.900 bits per heavy atom. The summed E-state index contributed by atoms with van der Waals surface area (Å²) in [6.45, 7) is 4.58. The van der Waals surface area contributed by atoms with Gasteiger partial charge in [-0.1, -0.05) is 68.4 Å². The van der Waals surface area contributed by atoms with Crippen molar-refractivity contribution in [3.05, 3.63) is 65.7 Å². The summed E-state index contributed by atoms with van der Waals surface area (Å²) < 4.78 is 6.66. The summed E-state index contributed by atoms with van der Waals surface area (Å²) in [5, 5.41) is 1.53. The summed E-state index contributed by atoms with van der Waals surface area (Å²) in [6.07, 6.45) is 1.24. The summed E-state index contributed by atoms with van der Waals surface area (Å²) in [5.74, 6) is 0. The predicted molar refractivity (Wildman–Crippen MR) is 86.8 cm³/mol. The van der Waals surface area contributed by atoms with Gasteiger partial charge in [-0.05, 0) is 28.4 Å². The van der Waals surface area contributed by atoms with Gasteiger partial charge in [-0.25, -0.2) is 0 Å². The Balaban J connectivity index is 1.95. The van der Waals surface area contributed by atoms with Crippen LogP contribution in [0, 0.1) is 0 Å². The van der Waals surface area contributed by atoms with E-state index in [1.807, 2.05) is 0 Å². The molecule has 0 amide bonds. The fraction of sp³-hybridized carbons (Fsp3) is 0.333. The van der Waals surface area contributed by atoms with Crippen molar-refractivity contribution >= 4 is 13.5 Å². The second-order valence-electron chi connectivity index (χ2n) is 5.58. The highest BCUT2D eigenvalue weighted by Gasteiger charge is 2.44. The molecule has 3 rings (SSSR count). The average Bonchev–Trinajstić information content (AvgIpc) is 2.83. The minimum atomic E-state index is -1.72. The van der Waals surface area contributed by atoms with Gasteiger partial charge in [0.25, 0.3) is 0 Å². The highest BCUT2D eigenvalue weighted by atomic mass is 28.4. The van der Waals surface area contributed by atoms with Crippen LogP contribution in [0.25, 0.3) is 0 Å². The second kappa shape index (κ2) is 5.55. The molecule has 0 saturated heterocycles. The lowest BCUT2D eigenvalue weighted by molar-refractivity contribution is 0.211. The van der Waals surface area contributed by atoms with Crippen LogP contribution in [0.1, 0.15) is 31.1 Å². The standard InChI is InChI=1S/C18H22OSi/c1-3-20(4-2)18-13-9-8-12-16(18)17(19-20)14-15-10-6-5-7-11-15/h5-13,17H,3-4,14H2,1-2H3. The Morgan fingerprint density at radius 3 is 2.25 bits per heavy atom. The van der Waals surface area contributed by atoms with E-state index in [0.29, 0.717) is 0 Å². The van der Waals surface area contributed by atoms with Crippen molar-refractivity contribution in [3.8, 4) is 0 Å². The lowest BCUT2D eigenvalue weighted by Gasteiger charge is -2.25. The summed E-state index contributed by atoms with van der Waals surface area (Å²) in [6, 6.07) is 21.9. The van der Waals surface area contributed by atoms with Crippen LogP contribution in [-0.4, -0.2) is 8.32 Å². The smallest absolute Gasteiger partial charge is 0.224 e. The zero-order valence-electron chi connectivity index (χ0n) is 12.3. The Morgan fingerprint density at radius 2 is 1.55 bits per heavy atom. The lowest BCUT2D eigenvalue weighted by atomic mass is 10.0. The van der Waals surface area contributed by atoms with Crippen LogP contribution in [0.3, 0.4) is 0 Å². The highest BCUT2D eigenvalue weighted by molar-refractivity contribution is 6.87. The SMILES string of the molecule is CC[Si]1(CC)OC(Cc2ccccc2)c2ccccc21. The van der Waals surface area contributed by atoms with Crippen LogP contribution in [0.2, 0.25) is 12.1 Å². The van der Waals surface area contributed by atoms with E-state index in [1.165, 1.54) is 28.4 Å². The Kier molecular flexibility index (Phi) is 3.77. The van der Waals surface area contributed by atoms with E-state index in [4.69, 9.17) is 4.43 Å². The van der Waals surface area contributed by atoms with Crippen LogP contribution in [0.15, 0.2) is 54.6 Å². The van der Waals surface area contributed by atoms with Gasteiger partial charge >= 0.3 is 0 Å². The molecule has 1 heterocycles. The normalized spacial score (nSPS) is 19.8. The Hall–Kier alpha value is -1.38. The maximum atomic E-state index is 6.66. The lowest BCUT2D eigenvalue weighted by Crippen LogP contribution is -2.45. The first-order valence-corrected chi connectivity index (χ1v) is 9.92. The molecule has 0 fully saturated rings. The van der Waals surface area contributed by atoms with E-state index in [9.17, 15) is 0 Å². The van der Waals surface area contributed by atoms with Crippen LogP contribution < -0.4 is 5.19 Å². The minimum absolute atomic E-state index is 0.250. The van der Waals surface area contributed by atoms with Crippen LogP contribution in [0.5, 0.6) is 0 Å². The number of hydrogen-bond donors (Lipinski definition) is 0. The van der Waals surface area contributed by atoms with E-state index in [2.05, 4.69) is 68.4 Å². The van der Waals surface area contributed by atoms with Crippen molar-refractivity contribution in [2.45, 2.75) is 38.5 Å². The number of fused-ring (bicyclic) bond motifs is 1. The van der Waals surface area contributed by atoms with E-state index < -0.39 is 8.32 Å². The Labute approximate surface area is 122 Å². The molecule has 0 saturated carbocycles. The van der Waals surface area contributed by atoms with Crippen LogP contribution >= 0.6 is 0 Å². The van der Waals surface area contributed by atoms with Crippen molar-refractivity contribution in [2.24, 2.45) is 0 Å². The molecule has 0 N–H and O–H groups in total. The van der Waals surface area contributed by atoms with Gasteiger partial charge in [0, 0.05) is 6.42 Å². The summed E-state index contributed by atoms with van der Waals surface area (Å²) in [4.78, 5) is 0. The van der Waals surface area contributed by atoms with Crippen molar-refractivity contribution in [2.75, 3.05) is 0 Å². The predicted octanol–water partition coefficient (Wildman–Crippen LogP) is 4.19. The molecular formula is C18H22OSi. The van der Waals surface area contributed by atoms with Crippen LogP contribution in [0.4, 0.5) is 0 Å². The molecule has 1 atom stereocenters. The zero-order chi connectivity index (χ0) is 14.0. The molecule has 104 valence electrons. The number of hydrogen-bond acceptors (Lipinski definition) is 1. The van der Waals surface area contributed by atoms with Crippen molar-refractivity contribution in [3.63, 3.8) is 0 Å². The average molecular weight is 282 g/mol. The van der Waals surface area contributed by atoms with E-state index in [1.54, 1.807) is 0 Å². The maximum absolute atomic E-state index is 6.66. The zero-order valence-corrected chi connectivity index (χ0v) is 13.3. The van der Waals surface area contributed by atoms with Crippen molar-refractivity contribution in [1.82, 2.24) is 0 Å². The van der Waals surface area contributed by atoms with Crippen LogP contribution in [-0.2, 0) is 10.8 Å². The first-order valence-electron chi connectivity index (χ1n) is 7.60. The molecule has 0 aromatic heterocycles. The third-order valence-corrected chi connectivity index (χ3v) is 9.03. The molecule has 2 aromatic rings. The molecule has 1 unspecified atom stereocenters. The molecule has 0 radical (unpaired) electrons. The molecule has 1 nitrogen and oxygen atoms in total. The number of benzene rings is 2. The molecule has 1 aliphatic heterocycles. The first kappa shape index (κ1) is 13.6. The fourth-order valence-corrected chi connectivity index (χ4v) is 7.02. The number of rotatable bonds is 4. The van der Waals surface area contributed by atoms with Gasteiger partial charge < -0.3 is 4.43 Å². The first-order chi connectivity index (χ1) is 9.79. The molecule has 2 aromatic carbocycles. The summed E-state index contributed by atoms with van der Waals surface area (Å²) >= 11 is 0. The molecule has 0 spiro atoms. The van der Waals surface area contributed by atoms with E-state index >= 15 is 0 Å². The van der Waals surface area contributed by atoms with E-state index in [0.717, 1.165) is 6.42 Å². The second-order valence-corrected chi connectivity index (χ2v) is 9.76. The van der Waals surface area contributed by atoms with Gasteiger partial charge in [-0.3, -0.25) is 0 Å². The van der Waals surface area contributed by atoms with Gasteiger partial charge in [0.2, 0.25) is 8.32 Å². The Bertz CT molecular complexity index is 575. The van der Waals surface area contributed by atoms with Gasteiger partial charge in [-0.2, -0.15) is 0 Å². The largest absolute Gasteiger partial charge is 0.405 e.